The highest BCUT2D eigenvalue weighted by Crippen LogP contribution is 2.32. The molecule has 0 bridgehead atoms. The molecule has 7 heteroatoms. The first kappa shape index (κ1) is 19.1. The van der Waals surface area contributed by atoms with Crippen LogP contribution in [0.2, 0.25) is 0 Å². The molecule has 26 heavy (non-hydrogen) atoms. The van der Waals surface area contributed by atoms with E-state index in [1.54, 1.807) is 11.0 Å². The summed E-state index contributed by atoms with van der Waals surface area (Å²) in [6.07, 6.45) is 5.31. The van der Waals surface area contributed by atoms with E-state index in [0.29, 0.717) is 22.2 Å². The highest BCUT2D eigenvalue weighted by atomic mass is 32.2. The summed E-state index contributed by atoms with van der Waals surface area (Å²) < 4.78 is 0.418. The number of benzene rings is 1. The van der Waals surface area contributed by atoms with Crippen LogP contribution in [-0.4, -0.2) is 56.8 Å². The molecule has 2 aliphatic heterocycles. The smallest absolute Gasteiger partial charge is 0.266 e. The van der Waals surface area contributed by atoms with Crippen molar-refractivity contribution in [3.8, 4) is 0 Å². The molecule has 1 N–H and O–H groups in total. The number of hydrogen-bond donors (Lipinski definition) is 1. The van der Waals surface area contributed by atoms with E-state index in [2.05, 4.69) is 0 Å². The van der Waals surface area contributed by atoms with Gasteiger partial charge in [0.2, 0.25) is 5.91 Å². The van der Waals surface area contributed by atoms with Crippen molar-refractivity contribution < 1.29 is 14.7 Å². The molecule has 0 saturated carbocycles. The van der Waals surface area contributed by atoms with Gasteiger partial charge in [0.15, 0.2) is 0 Å². The maximum atomic E-state index is 12.8. The third-order valence-electron chi connectivity index (χ3n) is 4.67. The molecule has 3 rings (SSSR count). The third kappa shape index (κ3) is 4.34. The number of amides is 2. The van der Waals surface area contributed by atoms with Crippen LogP contribution >= 0.6 is 24.0 Å². The number of nitrogens with zero attached hydrogens (tertiary/aromatic N) is 2. The Balaban J connectivity index is 1.69. The fourth-order valence-electron chi connectivity index (χ4n) is 3.34. The summed E-state index contributed by atoms with van der Waals surface area (Å²) in [5.74, 6) is -0.312. The van der Waals surface area contributed by atoms with Gasteiger partial charge in [-0.1, -0.05) is 54.3 Å². The number of hydrogen-bond acceptors (Lipinski definition) is 5. The summed E-state index contributed by atoms with van der Waals surface area (Å²) in [6, 6.07) is 9.64. The lowest BCUT2D eigenvalue weighted by Crippen LogP contribution is -2.49. The molecule has 1 unspecified atom stereocenters. The fourth-order valence-corrected chi connectivity index (χ4v) is 4.60. The van der Waals surface area contributed by atoms with E-state index in [0.717, 1.165) is 24.8 Å². The Morgan fingerprint density at radius 3 is 2.81 bits per heavy atom. The molecule has 0 aromatic heterocycles. The molecule has 0 aliphatic carbocycles. The lowest BCUT2D eigenvalue weighted by atomic mass is 9.99. The van der Waals surface area contributed by atoms with E-state index in [1.165, 1.54) is 16.7 Å². The van der Waals surface area contributed by atoms with Gasteiger partial charge in [-0.3, -0.25) is 14.5 Å². The molecule has 0 radical (unpaired) electrons. The molecular weight excluding hydrogens is 368 g/mol. The number of aliphatic hydroxyl groups excluding tert-OH is 1. The monoisotopic (exact) mass is 390 g/mol. The quantitative estimate of drug-likeness (QED) is 0.619. The van der Waals surface area contributed by atoms with Crippen LogP contribution in [-0.2, 0) is 9.59 Å². The van der Waals surface area contributed by atoms with Crippen molar-refractivity contribution in [1.29, 1.82) is 0 Å². The number of likely N-dealkylation sites (tertiary alicyclic amines) is 1. The summed E-state index contributed by atoms with van der Waals surface area (Å²) in [5, 5.41) is 9.23. The Hall–Kier alpha value is -1.70. The molecule has 2 aliphatic rings. The van der Waals surface area contributed by atoms with Crippen LogP contribution < -0.4 is 0 Å². The van der Waals surface area contributed by atoms with Crippen molar-refractivity contribution >= 4 is 46.2 Å². The van der Waals surface area contributed by atoms with Crippen LogP contribution in [0.3, 0.4) is 0 Å². The molecule has 2 amide bonds. The molecule has 138 valence electrons. The van der Waals surface area contributed by atoms with E-state index >= 15 is 0 Å². The number of carbonyl (C=O) groups excluding carboxylic acids is 2. The number of thioether (sulfide) groups is 1. The SMILES string of the molecule is O=C1/C(=C/c2ccccc2)SC(=S)N1CC(=O)N1CCCCC1CCO. The second-order valence-corrected chi connectivity index (χ2v) is 8.10. The van der Waals surface area contributed by atoms with E-state index in [4.69, 9.17) is 12.2 Å². The Morgan fingerprint density at radius 2 is 2.08 bits per heavy atom. The first-order valence-electron chi connectivity index (χ1n) is 8.81. The van der Waals surface area contributed by atoms with Gasteiger partial charge in [0, 0.05) is 19.2 Å². The molecule has 0 spiro atoms. The average molecular weight is 391 g/mol. The summed E-state index contributed by atoms with van der Waals surface area (Å²) in [7, 11) is 0. The third-order valence-corrected chi connectivity index (χ3v) is 6.05. The van der Waals surface area contributed by atoms with E-state index in [9.17, 15) is 14.7 Å². The van der Waals surface area contributed by atoms with Crippen molar-refractivity contribution in [2.45, 2.75) is 31.7 Å². The van der Waals surface area contributed by atoms with Crippen molar-refractivity contribution in [3.63, 3.8) is 0 Å². The molecular formula is C19H22N2O3S2. The van der Waals surface area contributed by atoms with Crippen LogP contribution in [0, 0.1) is 0 Å². The highest BCUT2D eigenvalue weighted by molar-refractivity contribution is 8.26. The van der Waals surface area contributed by atoms with E-state index in [1.807, 2.05) is 30.3 Å². The minimum Gasteiger partial charge on any atom is -0.396 e. The van der Waals surface area contributed by atoms with E-state index < -0.39 is 0 Å². The van der Waals surface area contributed by atoms with Gasteiger partial charge in [-0.15, -0.1) is 0 Å². The average Bonchev–Trinajstić information content (AvgIpc) is 2.90. The molecule has 1 aromatic rings. The predicted molar refractivity (Wildman–Crippen MR) is 107 cm³/mol. The Kier molecular flexibility index (Phi) is 6.45. The molecule has 5 nitrogen and oxygen atoms in total. The number of piperidine rings is 1. The zero-order valence-corrected chi connectivity index (χ0v) is 16.1. The summed E-state index contributed by atoms with van der Waals surface area (Å²) in [6.45, 7) is 0.714. The van der Waals surface area contributed by atoms with Gasteiger partial charge in [-0.25, -0.2) is 0 Å². The standard InChI is InChI=1S/C19H22N2O3S2/c22-11-9-15-8-4-5-10-20(15)17(23)13-21-18(24)16(26-19(21)25)12-14-6-2-1-3-7-14/h1-3,6-7,12,15,22H,4-5,8-11,13H2/b16-12-. The van der Waals surface area contributed by atoms with Crippen LogP contribution in [0.4, 0.5) is 0 Å². The lowest BCUT2D eigenvalue weighted by molar-refractivity contribution is -0.138. The zero-order chi connectivity index (χ0) is 18.5. The van der Waals surface area contributed by atoms with Gasteiger partial charge < -0.3 is 10.0 Å². The minimum absolute atomic E-state index is 0.0290. The Labute approximate surface area is 163 Å². The van der Waals surface area contributed by atoms with Gasteiger partial charge in [0.1, 0.15) is 10.9 Å². The number of aliphatic hydroxyl groups is 1. The van der Waals surface area contributed by atoms with E-state index in [-0.39, 0.29) is 31.0 Å². The maximum Gasteiger partial charge on any atom is 0.266 e. The van der Waals surface area contributed by atoms with Gasteiger partial charge >= 0.3 is 0 Å². The Bertz CT molecular complexity index is 719. The minimum atomic E-state index is -0.215. The van der Waals surface area contributed by atoms with Crippen LogP contribution in [0.5, 0.6) is 0 Å². The van der Waals surface area contributed by atoms with Crippen molar-refractivity contribution in [3.05, 3.63) is 40.8 Å². The second kappa shape index (κ2) is 8.79. The first-order valence-corrected chi connectivity index (χ1v) is 10.0. The van der Waals surface area contributed by atoms with Crippen molar-refractivity contribution in [1.82, 2.24) is 9.80 Å². The lowest BCUT2D eigenvalue weighted by Gasteiger charge is -2.36. The fraction of sp³-hybridized carbons (Fsp3) is 0.421. The number of carbonyl (C=O) groups is 2. The first-order chi connectivity index (χ1) is 12.6. The normalized spacial score (nSPS) is 22.3. The molecule has 2 saturated heterocycles. The molecule has 2 fully saturated rings. The summed E-state index contributed by atoms with van der Waals surface area (Å²) in [4.78, 5) is 29.2. The summed E-state index contributed by atoms with van der Waals surface area (Å²) >= 11 is 6.56. The van der Waals surface area contributed by atoms with Crippen LogP contribution in [0.25, 0.3) is 6.08 Å². The van der Waals surface area contributed by atoms with Gasteiger partial charge in [-0.05, 0) is 37.3 Å². The maximum absolute atomic E-state index is 12.8. The number of thiocarbonyl (C=S) groups is 1. The molecule has 2 heterocycles. The predicted octanol–water partition coefficient (Wildman–Crippen LogP) is 2.65. The highest BCUT2D eigenvalue weighted by Gasteiger charge is 2.35. The zero-order valence-electron chi connectivity index (χ0n) is 14.5. The Morgan fingerprint density at radius 1 is 1.31 bits per heavy atom. The van der Waals surface area contributed by atoms with Gasteiger partial charge in [-0.2, -0.15) is 0 Å². The van der Waals surface area contributed by atoms with Gasteiger partial charge in [0.05, 0.1) is 4.91 Å². The van der Waals surface area contributed by atoms with Crippen molar-refractivity contribution in [2.75, 3.05) is 19.7 Å². The largest absolute Gasteiger partial charge is 0.396 e. The number of rotatable bonds is 5. The second-order valence-electron chi connectivity index (χ2n) is 6.43. The van der Waals surface area contributed by atoms with Gasteiger partial charge in [0.25, 0.3) is 5.91 Å². The van der Waals surface area contributed by atoms with Crippen LogP contribution in [0.15, 0.2) is 35.2 Å². The summed E-state index contributed by atoms with van der Waals surface area (Å²) in [5.41, 5.74) is 0.929. The van der Waals surface area contributed by atoms with Crippen LogP contribution in [0.1, 0.15) is 31.2 Å². The molecule has 1 atom stereocenters. The van der Waals surface area contributed by atoms with Crippen molar-refractivity contribution in [2.24, 2.45) is 0 Å². The topological polar surface area (TPSA) is 60.9 Å². The molecule has 1 aromatic carbocycles.